The standard InChI is InChI=1S/C9H15N3O3S/c1-3-5-12-8(15)10-11-9(12)16-6(4-2)7(13)14/h6H,3-5H2,1-2H3,(H,10,15)(H,13,14)/t6-/m1/s1. The zero-order valence-electron chi connectivity index (χ0n) is 9.27. The summed E-state index contributed by atoms with van der Waals surface area (Å²) in [4.78, 5) is 22.2. The minimum absolute atomic E-state index is 0.287. The zero-order valence-corrected chi connectivity index (χ0v) is 10.1. The van der Waals surface area contributed by atoms with Crippen molar-refractivity contribution in [3.63, 3.8) is 0 Å². The Morgan fingerprint density at radius 1 is 1.62 bits per heavy atom. The molecule has 0 spiro atoms. The van der Waals surface area contributed by atoms with Crippen LogP contribution in [0.15, 0.2) is 9.95 Å². The molecule has 1 aromatic heterocycles. The van der Waals surface area contributed by atoms with Gasteiger partial charge in [-0.3, -0.25) is 9.36 Å². The number of aliphatic carboxylic acids is 1. The molecular formula is C9H15N3O3S. The van der Waals surface area contributed by atoms with E-state index in [-0.39, 0.29) is 5.69 Å². The van der Waals surface area contributed by atoms with Gasteiger partial charge in [0.1, 0.15) is 5.25 Å². The largest absolute Gasteiger partial charge is 0.480 e. The number of carboxylic acid groups (broad SMARTS) is 1. The highest BCUT2D eigenvalue weighted by Gasteiger charge is 2.20. The Balaban J connectivity index is 2.87. The molecule has 1 aromatic rings. The van der Waals surface area contributed by atoms with Crippen LogP contribution in [0.4, 0.5) is 0 Å². The predicted octanol–water partition coefficient (Wildman–Crippen LogP) is 0.937. The number of carboxylic acids is 1. The summed E-state index contributed by atoms with van der Waals surface area (Å²) in [7, 11) is 0. The molecule has 0 radical (unpaired) electrons. The molecule has 0 saturated heterocycles. The van der Waals surface area contributed by atoms with Gasteiger partial charge < -0.3 is 5.11 Å². The van der Waals surface area contributed by atoms with Crippen molar-refractivity contribution in [1.29, 1.82) is 0 Å². The van der Waals surface area contributed by atoms with E-state index in [1.165, 1.54) is 4.57 Å². The van der Waals surface area contributed by atoms with Crippen LogP contribution in [0, 0.1) is 0 Å². The smallest absolute Gasteiger partial charge is 0.343 e. The molecule has 0 fully saturated rings. The van der Waals surface area contributed by atoms with Crippen molar-refractivity contribution in [2.24, 2.45) is 0 Å². The highest BCUT2D eigenvalue weighted by atomic mass is 32.2. The molecule has 0 saturated carbocycles. The van der Waals surface area contributed by atoms with Crippen LogP contribution >= 0.6 is 11.8 Å². The van der Waals surface area contributed by atoms with E-state index in [9.17, 15) is 9.59 Å². The molecule has 2 N–H and O–H groups in total. The second kappa shape index (κ2) is 5.74. The van der Waals surface area contributed by atoms with E-state index in [2.05, 4.69) is 10.2 Å². The van der Waals surface area contributed by atoms with E-state index in [1.807, 2.05) is 6.92 Å². The Bertz CT molecular complexity index is 412. The van der Waals surface area contributed by atoms with Crippen molar-refractivity contribution in [2.45, 2.75) is 43.6 Å². The monoisotopic (exact) mass is 245 g/mol. The first-order valence-corrected chi connectivity index (χ1v) is 6.02. The predicted molar refractivity (Wildman–Crippen MR) is 60.7 cm³/mol. The average Bonchev–Trinajstić information content (AvgIpc) is 2.57. The third kappa shape index (κ3) is 2.88. The molecule has 1 atom stereocenters. The summed E-state index contributed by atoms with van der Waals surface area (Å²) < 4.78 is 1.47. The summed E-state index contributed by atoms with van der Waals surface area (Å²) >= 11 is 1.11. The summed E-state index contributed by atoms with van der Waals surface area (Å²) in [6, 6.07) is 0. The molecule has 0 bridgehead atoms. The number of nitrogens with one attached hydrogen (secondary N) is 1. The van der Waals surface area contributed by atoms with Crippen LogP contribution in [0.25, 0.3) is 0 Å². The summed E-state index contributed by atoms with van der Waals surface area (Å²) in [6.07, 6.45) is 1.30. The SMILES string of the molecule is CCCn1c(S[C@H](CC)C(=O)O)n[nH]c1=O. The van der Waals surface area contributed by atoms with Crippen LogP contribution in [0.3, 0.4) is 0 Å². The van der Waals surface area contributed by atoms with Gasteiger partial charge in [0.15, 0.2) is 5.16 Å². The fourth-order valence-electron chi connectivity index (χ4n) is 1.25. The fourth-order valence-corrected chi connectivity index (χ4v) is 2.17. The quantitative estimate of drug-likeness (QED) is 0.728. The Hall–Kier alpha value is -1.24. The molecule has 0 aliphatic carbocycles. The first-order chi connectivity index (χ1) is 7.60. The van der Waals surface area contributed by atoms with Gasteiger partial charge in [0.25, 0.3) is 0 Å². The van der Waals surface area contributed by atoms with E-state index in [1.54, 1.807) is 6.92 Å². The number of hydrogen-bond donors (Lipinski definition) is 2. The minimum Gasteiger partial charge on any atom is -0.480 e. The van der Waals surface area contributed by atoms with Gasteiger partial charge >= 0.3 is 11.7 Å². The molecule has 6 nitrogen and oxygen atoms in total. The van der Waals surface area contributed by atoms with Gasteiger partial charge in [-0.2, -0.15) is 0 Å². The maximum atomic E-state index is 11.4. The molecule has 0 aromatic carbocycles. The number of aromatic amines is 1. The lowest BCUT2D eigenvalue weighted by atomic mass is 10.3. The topological polar surface area (TPSA) is 88.0 Å². The second-order valence-corrected chi connectivity index (χ2v) is 4.49. The van der Waals surface area contributed by atoms with Gasteiger partial charge in [0.05, 0.1) is 0 Å². The lowest BCUT2D eigenvalue weighted by Gasteiger charge is -2.08. The van der Waals surface area contributed by atoms with E-state index >= 15 is 0 Å². The average molecular weight is 245 g/mol. The van der Waals surface area contributed by atoms with Crippen molar-refractivity contribution in [3.8, 4) is 0 Å². The van der Waals surface area contributed by atoms with Crippen molar-refractivity contribution < 1.29 is 9.90 Å². The Kier molecular flexibility index (Phi) is 4.60. The summed E-state index contributed by atoms with van der Waals surface area (Å²) in [5.74, 6) is -0.883. The maximum Gasteiger partial charge on any atom is 0.343 e. The van der Waals surface area contributed by atoms with Crippen LogP contribution in [0.1, 0.15) is 26.7 Å². The van der Waals surface area contributed by atoms with Crippen molar-refractivity contribution in [3.05, 3.63) is 10.5 Å². The zero-order chi connectivity index (χ0) is 12.1. The van der Waals surface area contributed by atoms with E-state index in [0.717, 1.165) is 18.2 Å². The summed E-state index contributed by atoms with van der Waals surface area (Å²) in [5.41, 5.74) is -0.287. The first kappa shape index (κ1) is 12.8. The lowest BCUT2D eigenvalue weighted by Crippen LogP contribution is -2.20. The molecule has 16 heavy (non-hydrogen) atoms. The molecule has 1 rings (SSSR count). The minimum atomic E-state index is -0.883. The molecule has 0 aliphatic rings. The third-order valence-electron chi connectivity index (χ3n) is 2.06. The van der Waals surface area contributed by atoms with Gasteiger partial charge in [-0.25, -0.2) is 9.89 Å². The third-order valence-corrected chi connectivity index (χ3v) is 3.41. The molecule has 90 valence electrons. The Morgan fingerprint density at radius 2 is 2.31 bits per heavy atom. The van der Waals surface area contributed by atoms with E-state index in [4.69, 9.17) is 5.11 Å². The highest BCUT2D eigenvalue weighted by Crippen LogP contribution is 2.22. The van der Waals surface area contributed by atoms with Gasteiger partial charge in [-0.1, -0.05) is 25.6 Å². The Labute approximate surface area is 97.1 Å². The number of aromatic nitrogens is 3. The lowest BCUT2D eigenvalue weighted by molar-refractivity contribution is -0.136. The fraction of sp³-hybridized carbons (Fsp3) is 0.667. The van der Waals surface area contributed by atoms with E-state index in [0.29, 0.717) is 18.1 Å². The molecule has 0 amide bonds. The van der Waals surface area contributed by atoms with Gasteiger partial charge in [0, 0.05) is 6.54 Å². The molecule has 7 heteroatoms. The number of nitrogens with zero attached hydrogens (tertiary/aromatic N) is 2. The number of carbonyl (C=O) groups is 1. The molecule has 0 aliphatic heterocycles. The molecule has 0 unspecified atom stereocenters. The molecule has 1 heterocycles. The van der Waals surface area contributed by atoms with Crippen LogP contribution in [0.5, 0.6) is 0 Å². The highest BCUT2D eigenvalue weighted by molar-refractivity contribution is 8.00. The first-order valence-electron chi connectivity index (χ1n) is 5.14. The van der Waals surface area contributed by atoms with Gasteiger partial charge in [-0.15, -0.1) is 5.10 Å². The summed E-state index contributed by atoms with van der Waals surface area (Å²) in [6.45, 7) is 4.29. The second-order valence-electron chi connectivity index (χ2n) is 3.32. The summed E-state index contributed by atoms with van der Waals surface area (Å²) in [5, 5.41) is 15.0. The number of H-pyrrole nitrogens is 1. The van der Waals surface area contributed by atoms with Crippen molar-refractivity contribution >= 4 is 17.7 Å². The maximum absolute atomic E-state index is 11.4. The van der Waals surface area contributed by atoms with Crippen LogP contribution in [-0.2, 0) is 11.3 Å². The molecular weight excluding hydrogens is 230 g/mol. The van der Waals surface area contributed by atoms with Gasteiger partial charge in [0.2, 0.25) is 0 Å². The number of thioether (sulfide) groups is 1. The Morgan fingerprint density at radius 3 is 2.81 bits per heavy atom. The normalized spacial score (nSPS) is 12.6. The number of hydrogen-bond acceptors (Lipinski definition) is 4. The van der Waals surface area contributed by atoms with Crippen LogP contribution in [0.2, 0.25) is 0 Å². The van der Waals surface area contributed by atoms with Crippen molar-refractivity contribution in [1.82, 2.24) is 14.8 Å². The number of rotatable bonds is 6. The van der Waals surface area contributed by atoms with Gasteiger partial charge in [-0.05, 0) is 12.8 Å². The van der Waals surface area contributed by atoms with Crippen LogP contribution < -0.4 is 5.69 Å². The van der Waals surface area contributed by atoms with Crippen molar-refractivity contribution in [2.75, 3.05) is 0 Å². The van der Waals surface area contributed by atoms with E-state index < -0.39 is 11.2 Å². The van der Waals surface area contributed by atoms with Crippen LogP contribution in [-0.4, -0.2) is 31.1 Å².